The summed E-state index contributed by atoms with van der Waals surface area (Å²) in [7, 11) is 3.64. The minimum atomic E-state index is -0.0335. The van der Waals surface area contributed by atoms with Gasteiger partial charge in [-0.25, -0.2) is 4.98 Å². The maximum atomic E-state index is 12.7. The molecule has 1 N–H and O–H groups in total. The predicted octanol–water partition coefficient (Wildman–Crippen LogP) is 2.33. The van der Waals surface area contributed by atoms with Gasteiger partial charge in [0.05, 0.1) is 10.6 Å². The largest absolute Gasteiger partial charge is 0.373 e. The number of pyridine rings is 1. The molecule has 21 heavy (non-hydrogen) atoms. The number of piperidine rings is 1. The van der Waals surface area contributed by atoms with E-state index in [0.717, 1.165) is 32.5 Å². The molecule has 0 saturated carbocycles. The van der Waals surface area contributed by atoms with Gasteiger partial charge in [0.1, 0.15) is 5.82 Å². The zero-order chi connectivity index (χ0) is 15.4. The van der Waals surface area contributed by atoms with Crippen molar-refractivity contribution in [1.29, 1.82) is 0 Å². The lowest BCUT2D eigenvalue weighted by Gasteiger charge is -2.36. The van der Waals surface area contributed by atoms with Crippen molar-refractivity contribution >= 4 is 23.3 Å². The first kappa shape index (κ1) is 16.0. The standard InChI is InChI=1S/C15H23ClN4O/c1-4-20-7-5-11(6-8-20)19(3)15(21)12-9-14(17-2)18-10-13(12)16/h9-11H,4-8H2,1-3H3,(H,17,18). The van der Waals surface area contributed by atoms with Crippen molar-refractivity contribution in [2.24, 2.45) is 0 Å². The third-order valence-corrected chi connectivity index (χ3v) is 4.52. The van der Waals surface area contributed by atoms with Crippen LogP contribution >= 0.6 is 11.6 Å². The third kappa shape index (κ3) is 3.66. The lowest BCUT2D eigenvalue weighted by molar-refractivity contribution is 0.0647. The molecule has 1 amide bonds. The van der Waals surface area contributed by atoms with Crippen LogP contribution in [0.2, 0.25) is 5.02 Å². The zero-order valence-corrected chi connectivity index (χ0v) is 13.7. The van der Waals surface area contributed by atoms with E-state index in [9.17, 15) is 4.79 Å². The minimum absolute atomic E-state index is 0.0335. The van der Waals surface area contributed by atoms with Crippen molar-refractivity contribution in [1.82, 2.24) is 14.8 Å². The van der Waals surface area contributed by atoms with E-state index in [1.54, 1.807) is 13.1 Å². The Morgan fingerprint density at radius 1 is 1.52 bits per heavy atom. The second-order valence-electron chi connectivity index (χ2n) is 5.38. The highest BCUT2D eigenvalue weighted by molar-refractivity contribution is 6.33. The Morgan fingerprint density at radius 2 is 2.19 bits per heavy atom. The lowest BCUT2D eigenvalue weighted by Crippen LogP contribution is -2.45. The summed E-state index contributed by atoms with van der Waals surface area (Å²) in [6.45, 7) is 5.34. The number of anilines is 1. The molecule has 2 rings (SSSR count). The van der Waals surface area contributed by atoms with Gasteiger partial charge >= 0.3 is 0 Å². The fourth-order valence-electron chi connectivity index (χ4n) is 2.72. The number of aromatic nitrogens is 1. The van der Waals surface area contributed by atoms with Crippen molar-refractivity contribution in [3.63, 3.8) is 0 Å². The van der Waals surface area contributed by atoms with E-state index in [1.165, 1.54) is 6.20 Å². The molecule has 116 valence electrons. The van der Waals surface area contributed by atoms with E-state index in [0.29, 0.717) is 16.4 Å². The smallest absolute Gasteiger partial charge is 0.255 e. The third-order valence-electron chi connectivity index (χ3n) is 4.21. The molecule has 1 fully saturated rings. The molecule has 0 aliphatic carbocycles. The number of amides is 1. The summed E-state index contributed by atoms with van der Waals surface area (Å²) in [4.78, 5) is 21.0. The Hall–Kier alpha value is -1.33. The molecular weight excluding hydrogens is 288 g/mol. The predicted molar refractivity (Wildman–Crippen MR) is 86.0 cm³/mol. The summed E-state index contributed by atoms with van der Waals surface area (Å²) < 4.78 is 0. The zero-order valence-electron chi connectivity index (χ0n) is 12.9. The first-order valence-corrected chi connectivity index (χ1v) is 7.77. The highest BCUT2D eigenvalue weighted by Gasteiger charge is 2.26. The summed E-state index contributed by atoms with van der Waals surface area (Å²) in [5.74, 6) is 0.616. The van der Waals surface area contributed by atoms with Gasteiger partial charge in [0.2, 0.25) is 0 Å². The van der Waals surface area contributed by atoms with Crippen LogP contribution in [0.1, 0.15) is 30.1 Å². The second kappa shape index (κ2) is 7.09. The fraction of sp³-hybridized carbons (Fsp3) is 0.600. The molecule has 1 aliphatic heterocycles. The van der Waals surface area contributed by atoms with Crippen molar-refractivity contribution in [3.05, 3.63) is 22.8 Å². The highest BCUT2D eigenvalue weighted by Crippen LogP contribution is 2.22. The molecular formula is C15H23ClN4O. The number of likely N-dealkylation sites (tertiary alicyclic amines) is 1. The monoisotopic (exact) mass is 310 g/mol. The average molecular weight is 311 g/mol. The second-order valence-corrected chi connectivity index (χ2v) is 5.79. The van der Waals surface area contributed by atoms with Gasteiger partial charge in [0.15, 0.2) is 0 Å². The fourth-order valence-corrected chi connectivity index (χ4v) is 2.90. The first-order valence-electron chi connectivity index (χ1n) is 7.39. The number of rotatable bonds is 4. The van der Waals surface area contributed by atoms with E-state index in [1.807, 2.05) is 11.9 Å². The molecule has 0 spiro atoms. The van der Waals surface area contributed by atoms with Gasteiger partial charge in [-0.05, 0) is 25.5 Å². The van der Waals surface area contributed by atoms with Crippen LogP contribution < -0.4 is 5.32 Å². The summed E-state index contributed by atoms with van der Waals surface area (Å²) in [5.41, 5.74) is 0.511. The molecule has 0 unspecified atom stereocenters. The van der Waals surface area contributed by atoms with Crippen LogP contribution in [-0.2, 0) is 0 Å². The quantitative estimate of drug-likeness (QED) is 0.927. The van der Waals surface area contributed by atoms with Crippen LogP contribution in [-0.4, -0.2) is 60.5 Å². The van der Waals surface area contributed by atoms with E-state index >= 15 is 0 Å². The van der Waals surface area contributed by atoms with Gasteiger partial charge in [-0.1, -0.05) is 18.5 Å². The Kier molecular flexibility index (Phi) is 5.42. The summed E-state index contributed by atoms with van der Waals surface area (Å²) in [5, 5.41) is 3.33. The van der Waals surface area contributed by atoms with E-state index in [4.69, 9.17) is 11.6 Å². The molecule has 0 aromatic carbocycles. The van der Waals surface area contributed by atoms with Gasteiger partial charge in [-0.3, -0.25) is 4.79 Å². The number of nitrogens with zero attached hydrogens (tertiary/aromatic N) is 3. The van der Waals surface area contributed by atoms with Gasteiger partial charge < -0.3 is 15.1 Å². The Balaban J connectivity index is 2.09. The number of hydrogen-bond donors (Lipinski definition) is 1. The van der Waals surface area contributed by atoms with Gasteiger partial charge in [0.25, 0.3) is 5.91 Å². The Morgan fingerprint density at radius 3 is 2.76 bits per heavy atom. The van der Waals surface area contributed by atoms with Crippen molar-refractivity contribution in [2.75, 3.05) is 39.0 Å². The van der Waals surface area contributed by atoms with Crippen molar-refractivity contribution < 1.29 is 4.79 Å². The average Bonchev–Trinajstić information content (AvgIpc) is 2.54. The molecule has 1 aromatic heterocycles. The van der Waals surface area contributed by atoms with Crippen LogP contribution in [0.15, 0.2) is 12.3 Å². The lowest BCUT2D eigenvalue weighted by atomic mass is 10.0. The maximum absolute atomic E-state index is 12.7. The minimum Gasteiger partial charge on any atom is -0.373 e. The van der Waals surface area contributed by atoms with Crippen LogP contribution in [0.5, 0.6) is 0 Å². The molecule has 2 heterocycles. The number of hydrogen-bond acceptors (Lipinski definition) is 4. The van der Waals surface area contributed by atoms with Crippen LogP contribution in [0.4, 0.5) is 5.82 Å². The maximum Gasteiger partial charge on any atom is 0.255 e. The van der Waals surface area contributed by atoms with Crippen molar-refractivity contribution in [3.8, 4) is 0 Å². The topological polar surface area (TPSA) is 48.5 Å². The summed E-state index contributed by atoms with van der Waals surface area (Å²) in [6.07, 6.45) is 3.55. The van der Waals surface area contributed by atoms with E-state index in [2.05, 4.69) is 22.1 Å². The van der Waals surface area contributed by atoms with E-state index in [-0.39, 0.29) is 11.9 Å². The SMILES string of the molecule is CCN1CCC(N(C)C(=O)c2cc(NC)ncc2Cl)CC1. The molecule has 1 aliphatic rings. The van der Waals surface area contributed by atoms with Crippen molar-refractivity contribution in [2.45, 2.75) is 25.8 Å². The number of halogens is 1. The van der Waals surface area contributed by atoms with Crippen LogP contribution in [0.25, 0.3) is 0 Å². The number of nitrogens with one attached hydrogen (secondary N) is 1. The normalized spacial score (nSPS) is 16.8. The number of carbonyl (C=O) groups is 1. The molecule has 5 nitrogen and oxygen atoms in total. The van der Waals surface area contributed by atoms with Gasteiger partial charge in [0, 0.05) is 39.4 Å². The van der Waals surface area contributed by atoms with Crippen LogP contribution in [0.3, 0.4) is 0 Å². The molecule has 0 radical (unpaired) electrons. The van der Waals surface area contributed by atoms with Gasteiger partial charge in [-0.2, -0.15) is 0 Å². The molecule has 1 aromatic rings. The summed E-state index contributed by atoms with van der Waals surface area (Å²) >= 11 is 6.13. The molecule has 0 bridgehead atoms. The Labute approximate surface area is 131 Å². The molecule has 6 heteroatoms. The van der Waals surface area contributed by atoms with E-state index < -0.39 is 0 Å². The van der Waals surface area contributed by atoms with Crippen LogP contribution in [0, 0.1) is 0 Å². The summed E-state index contributed by atoms with van der Waals surface area (Å²) in [6, 6.07) is 1.99. The molecule has 1 saturated heterocycles. The number of carbonyl (C=O) groups excluding carboxylic acids is 1. The highest BCUT2D eigenvalue weighted by atomic mass is 35.5. The first-order chi connectivity index (χ1) is 10.1. The Bertz CT molecular complexity index is 500. The van der Waals surface area contributed by atoms with Gasteiger partial charge in [-0.15, -0.1) is 0 Å². The molecule has 0 atom stereocenters.